The maximum Gasteiger partial charge on any atom is 0.312 e. The van der Waals surface area contributed by atoms with Crippen molar-refractivity contribution in [3.63, 3.8) is 0 Å². The van der Waals surface area contributed by atoms with E-state index in [9.17, 15) is 9.59 Å². The van der Waals surface area contributed by atoms with Gasteiger partial charge in [-0.15, -0.1) is 0 Å². The van der Waals surface area contributed by atoms with Crippen LogP contribution in [0, 0.1) is 0 Å². The molecule has 0 bridgehead atoms. The van der Waals surface area contributed by atoms with Gasteiger partial charge < -0.3 is 20.7 Å². The molecule has 0 radical (unpaired) electrons. The lowest BCUT2D eigenvalue weighted by Gasteiger charge is -2.26. The van der Waals surface area contributed by atoms with E-state index in [1.807, 2.05) is 13.8 Å². The Balaban J connectivity index is 4.34. The smallest absolute Gasteiger partial charge is 0.312 e. The topological polar surface area (TPSA) is 84.7 Å². The average molecular weight is 231 g/mol. The second kappa shape index (κ2) is 8.06. The Hall–Kier alpha value is -1.14. The monoisotopic (exact) mass is 231 g/mol. The third-order valence-corrected chi connectivity index (χ3v) is 2.17. The number of carbonyl (C=O) groups is 2. The van der Waals surface area contributed by atoms with E-state index in [1.54, 1.807) is 7.11 Å². The molecule has 94 valence electrons. The molecule has 0 rings (SSSR count). The van der Waals surface area contributed by atoms with E-state index in [1.165, 1.54) is 4.90 Å². The van der Waals surface area contributed by atoms with E-state index in [4.69, 9.17) is 10.5 Å². The van der Waals surface area contributed by atoms with Crippen molar-refractivity contribution in [3.05, 3.63) is 0 Å². The molecule has 16 heavy (non-hydrogen) atoms. The molecule has 3 N–H and O–H groups in total. The fraction of sp³-hybridized carbons (Fsp3) is 0.800. The molecule has 6 nitrogen and oxygen atoms in total. The molecule has 0 saturated heterocycles. The van der Waals surface area contributed by atoms with Crippen molar-refractivity contribution in [3.8, 4) is 0 Å². The van der Waals surface area contributed by atoms with Gasteiger partial charge in [0.2, 0.25) is 0 Å². The number of carbonyl (C=O) groups excluding carboxylic acids is 2. The lowest BCUT2D eigenvalue weighted by atomic mass is 10.3. The number of ether oxygens (including phenoxy) is 1. The van der Waals surface area contributed by atoms with Crippen molar-refractivity contribution in [1.82, 2.24) is 10.2 Å². The van der Waals surface area contributed by atoms with E-state index < -0.39 is 11.8 Å². The Kier molecular flexibility index (Phi) is 7.49. The number of hydrogen-bond acceptors (Lipinski definition) is 4. The Morgan fingerprint density at radius 2 is 2.12 bits per heavy atom. The SMILES string of the molecule is CCN(C(=O)C(=O)NCCN)C(C)COC. The van der Waals surface area contributed by atoms with Gasteiger partial charge in [0.05, 0.1) is 12.6 Å². The fourth-order valence-corrected chi connectivity index (χ4v) is 1.38. The first-order valence-electron chi connectivity index (χ1n) is 5.36. The largest absolute Gasteiger partial charge is 0.383 e. The van der Waals surface area contributed by atoms with Crippen LogP contribution in [-0.2, 0) is 14.3 Å². The van der Waals surface area contributed by atoms with Gasteiger partial charge in [-0.25, -0.2) is 0 Å². The maximum absolute atomic E-state index is 11.7. The summed E-state index contributed by atoms with van der Waals surface area (Å²) >= 11 is 0. The Morgan fingerprint density at radius 1 is 1.50 bits per heavy atom. The van der Waals surface area contributed by atoms with Gasteiger partial charge in [0.1, 0.15) is 0 Å². The summed E-state index contributed by atoms with van der Waals surface area (Å²) in [5.74, 6) is -1.16. The zero-order valence-electron chi connectivity index (χ0n) is 10.2. The molecule has 0 spiro atoms. The van der Waals surface area contributed by atoms with Gasteiger partial charge in [-0.2, -0.15) is 0 Å². The number of methoxy groups -OCH3 is 1. The van der Waals surface area contributed by atoms with Crippen molar-refractivity contribution >= 4 is 11.8 Å². The highest BCUT2D eigenvalue weighted by Crippen LogP contribution is 2.00. The highest BCUT2D eigenvalue weighted by atomic mass is 16.5. The second-order valence-electron chi connectivity index (χ2n) is 3.44. The predicted octanol–water partition coefficient (Wildman–Crippen LogP) is -1.06. The number of rotatable bonds is 6. The van der Waals surface area contributed by atoms with Gasteiger partial charge in [-0.1, -0.05) is 0 Å². The van der Waals surface area contributed by atoms with E-state index in [-0.39, 0.29) is 6.04 Å². The standard InChI is InChI=1S/C10H21N3O3/c1-4-13(8(2)7-16-3)10(15)9(14)12-6-5-11/h8H,4-7,11H2,1-3H3,(H,12,14). The lowest BCUT2D eigenvalue weighted by Crippen LogP contribution is -2.48. The maximum atomic E-state index is 11.7. The van der Waals surface area contributed by atoms with Gasteiger partial charge in [-0.05, 0) is 13.8 Å². The highest BCUT2D eigenvalue weighted by Gasteiger charge is 2.24. The van der Waals surface area contributed by atoms with Gasteiger partial charge in [0, 0.05) is 26.7 Å². The van der Waals surface area contributed by atoms with Crippen LogP contribution in [0.1, 0.15) is 13.8 Å². The first kappa shape index (κ1) is 14.9. The number of hydrogen-bond donors (Lipinski definition) is 2. The van der Waals surface area contributed by atoms with Crippen molar-refractivity contribution in [2.24, 2.45) is 5.73 Å². The van der Waals surface area contributed by atoms with Crippen LogP contribution in [-0.4, -0.2) is 56.1 Å². The molecule has 0 aliphatic carbocycles. The highest BCUT2D eigenvalue weighted by molar-refractivity contribution is 6.35. The minimum absolute atomic E-state index is 0.119. The van der Waals surface area contributed by atoms with Gasteiger partial charge >= 0.3 is 11.8 Å². The van der Waals surface area contributed by atoms with Crippen LogP contribution in [0.4, 0.5) is 0 Å². The number of nitrogens with one attached hydrogen (secondary N) is 1. The van der Waals surface area contributed by atoms with Crippen molar-refractivity contribution in [1.29, 1.82) is 0 Å². The van der Waals surface area contributed by atoms with E-state index >= 15 is 0 Å². The number of nitrogens with two attached hydrogens (primary N) is 1. The summed E-state index contributed by atoms with van der Waals surface area (Å²) in [5.41, 5.74) is 5.23. The number of amides is 2. The molecule has 1 unspecified atom stereocenters. The summed E-state index contributed by atoms with van der Waals surface area (Å²) in [5, 5.41) is 2.45. The summed E-state index contributed by atoms with van der Waals surface area (Å²) in [6.07, 6.45) is 0. The van der Waals surface area contributed by atoms with Crippen molar-refractivity contribution in [2.45, 2.75) is 19.9 Å². The molecule has 2 amide bonds. The molecule has 0 fully saturated rings. The van der Waals surface area contributed by atoms with Crippen molar-refractivity contribution in [2.75, 3.05) is 33.4 Å². The van der Waals surface area contributed by atoms with Crippen LogP contribution in [0.15, 0.2) is 0 Å². The molecular weight excluding hydrogens is 210 g/mol. The van der Waals surface area contributed by atoms with Gasteiger partial charge in [0.15, 0.2) is 0 Å². The van der Waals surface area contributed by atoms with Crippen LogP contribution in [0.5, 0.6) is 0 Å². The predicted molar refractivity (Wildman–Crippen MR) is 60.8 cm³/mol. The normalized spacial score (nSPS) is 12.0. The van der Waals surface area contributed by atoms with Gasteiger partial charge in [-0.3, -0.25) is 9.59 Å². The molecule has 0 aromatic heterocycles. The van der Waals surface area contributed by atoms with E-state index in [0.717, 1.165) is 0 Å². The van der Waals surface area contributed by atoms with Crippen LogP contribution in [0.2, 0.25) is 0 Å². The molecule has 6 heteroatoms. The second-order valence-corrected chi connectivity index (χ2v) is 3.44. The van der Waals surface area contributed by atoms with Gasteiger partial charge in [0.25, 0.3) is 0 Å². The minimum Gasteiger partial charge on any atom is -0.383 e. The minimum atomic E-state index is -0.616. The molecule has 0 aliphatic rings. The molecule has 0 aromatic carbocycles. The molecule has 0 heterocycles. The summed E-state index contributed by atoms with van der Waals surface area (Å²) in [4.78, 5) is 24.6. The zero-order chi connectivity index (χ0) is 12.6. The van der Waals surface area contributed by atoms with Crippen LogP contribution < -0.4 is 11.1 Å². The molecule has 0 aromatic rings. The lowest BCUT2D eigenvalue weighted by molar-refractivity contribution is -0.147. The van der Waals surface area contributed by atoms with Crippen LogP contribution in [0.25, 0.3) is 0 Å². The third kappa shape index (κ3) is 4.59. The number of likely N-dealkylation sites (N-methyl/N-ethyl adjacent to an activating group) is 1. The first-order valence-corrected chi connectivity index (χ1v) is 5.36. The van der Waals surface area contributed by atoms with E-state index in [2.05, 4.69) is 5.32 Å². The van der Waals surface area contributed by atoms with E-state index in [0.29, 0.717) is 26.2 Å². The third-order valence-electron chi connectivity index (χ3n) is 2.17. The molecule has 1 atom stereocenters. The fourth-order valence-electron chi connectivity index (χ4n) is 1.38. The quantitative estimate of drug-likeness (QED) is 0.571. The Labute approximate surface area is 96.1 Å². The zero-order valence-corrected chi connectivity index (χ0v) is 10.2. The van der Waals surface area contributed by atoms with Crippen LogP contribution in [0.3, 0.4) is 0 Å². The van der Waals surface area contributed by atoms with Crippen LogP contribution >= 0.6 is 0 Å². The summed E-state index contributed by atoms with van der Waals surface area (Å²) in [6.45, 7) is 5.16. The summed E-state index contributed by atoms with van der Waals surface area (Å²) in [7, 11) is 1.56. The molecule has 0 aliphatic heterocycles. The van der Waals surface area contributed by atoms with Crippen molar-refractivity contribution < 1.29 is 14.3 Å². The Bertz CT molecular complexity index is 233. The summed E-state index contributed by atoms with van der Waals surface area (Å²) in [6, 6.07) is -0.119. The molecule has 0 saturated carbocycles. The summed E-state index contributed by atoms with van der Waals surface area (Å²) < 4.78 is 4.95. The molecular formula is C10H21N3O3. The number of nitrogens with zero attached hydrogens (tertiary/aromatic N) is 1. The average Bonchev–Trinajstić information content (AvgIpc) is 2.27. The Morgan fingerprint density at radius 3 is 2.56 bits per heavy atom. The first-order chi connectivity index (χ1) is 7.58.